The molecule has 16 heavy (non-hydrogen) atoms. The van der Waals surface area contributed by atoms with E-state index < -0.39 is 0 Å². The molecule has 0 radical (unpaired) electrons. The van der Waals surface area contributed by atoms with Crippen LogP contribution in [0.15, 0.2) is 22.7 Å². The van der Waals surface area contributed by atoms with Crippen molar-refractivity contribution in [2.45, 2.75) is 18.7 Å². The Morgan fingerprint density at radius 2 is 2.06 bits per heavy atom. The first-order valence-electron chi connectivity index (χ1n) is 4.79. The summed E-state index contributed by atoms with van der Waals surface area (Å²) in [5.41, 5.74) is 0. The van der Waals surface area contributed by atoms with Crippen LogP contribution in [-0.4, -0.2) is 0 Å². The van der Waals surface area contributed by atoms with Gasteiger partial charge in [0.05, 0.1) is 0 Å². The molecule has 5 heteroatoms. The van der Waals surface area contributed by atoms with Gasteiger partial charge in [0, 0.05) is 19.1 Å². The van der Waals surface area contributed by atoms with Crippen LogP contribution in [0, 0.1) is 0 Å². The minimum absolute atomic E-state index is 0.0842. The molecule has 2 aromatic rings. The fraction of sp³-hybridized carbons (Fsp3) is 0.273. The minimum atomic E-state index is -0.0842. The van der Waals surface area contributed by atoms with Crippen molar-refractivity contribution < 1.29 is 0 Å². The molecule has 1 unspecified atom stereocenters. The lowest BCUT2D eigenvalue weighted by Gasteiger charge is -2.02. The van der Waals surface area contributed by atoms with Crippen LogP contribution in [0.3, 0.4) is 0 Å². The van der Waals surface area contributed by atoms with Gasteiger partial charge < -0.3 is 0 Å². The van der Waals surface area contributed by atoms with Crippen molar-refractivity contribution >= 4 is 61.8 Å². The first-order chi connectivity index (χ1) is 7.61. The topological polar surface area (TPSA) is 0 Å². The zero-order valence-corrected chi connectivity index (χ0v) is 13.2. The summed E-state index contributed by atoms with van der Waals surface area (Å²) in [6.07, 6.45) is 1.06. The zero-order valence-electron chi connectivity index (χ0n) is 8.47. The fourth-order valence-electron chi connectivity index (χ4n) is 1.35. The lowest BCUT2D eigenvalue weighted by Crippen LogP contribution is -1.84. The number of rotatable bonds is 3. The fourth-order valence-corrected chi connectivity index (χ4v) is 4.51. The van der Waals surface area contributed by atoms with E-state index in [-0.39, 0.29) is 5.38 Å². The van der Waals surface area contributed by atoms with Crippen molar-refractivity contribution in [3.05, 3.63) is 41.6 Å². The Bertz CT molecular complexity index is 470. The summed E-state index contributed by atoms with van der Waals surface area (Å²) in [4.78, 5) is 3.63. The lowest BCUT2D eigenvalue weighted by atomic mass is 10.3. The van der Waals surface area contributed by atoms with Crippen LogP contribution >= 0.6 is 61.8 Å². The number of alkyl halides is 1. The molecule has 0 aliphatic carbocycles. The largest absolute Gasteiger partial charge is 0.143 e. The molecule has 0 amide bonds. The Balaban J connectivity index is 2.27. The van der Waals surface area contributed by atoms with Crippen molar-refractivity contribution in [3.8, 4) is 0 Å². The number of thiophene rings is 2. The maximum Gasteiger partial charge on any atom is 0.107 e. The van der Waals surface area contributed by atoms with Crippen LogP contribution in [0.25, 0.3) is 0 Å². The highest BCUT2D eigenvalue weighted by Gasteiger charge is 2.17. The Labute approximate surface area is 121 Å². The highest BCUT2D eigenvalue weighted by Crippen LogP contribution is 2.42. The van der Waals surface area contributed by atoms with Gasteiger partial charge in [0.25, 0.3) is 0 Å². The average molecular weight is 356 g/mol. The van der Waals surface area contributed by atoms with Crippen LogP contribution in [-0.2, 0) is 6.42 Å². The number of aryl methyl sites for hydroxylation is 1. The summed E-state index contributed by atoms with van der Waals surface area (Å²) >= 11 is 19.1. The van der Waals surface area contributed by atoms with Crippen molar-refractivity contribution in [1.82, 2.24) is 0 Å². The van der Waals surface area contributed by atoms with Crippen molar-refractivity contribution in [2.75, 3.05) is 0 Å². The van der Waals surface area contributed by atoms with E-state index in [9.17, 15) is 0 Å². The molecule has 2 aromatic heterocycles. The standard InChI is InChI=1S/C11H9BrCl2S2/c1-2-6-3-4-8(15-6)10(13)9-5-7(12)11(14)16-9/h3-5,10H,2H2,1H3. The van der Waals surface area contributed by atoms with Crippen LogP contribution in [0.4, 0.5) is 0 Å². The Hall–Kier alpha value is 0.460. The number of hydrogen-bond donors (Lipinski definition) is 0. The third-order valence-corrected chi connectivity index (χ3v) is 6.76. The van der Waals surface area contributed by atoms with Crippen LogP contribution < -0.4 is 0 Å². The Morgan fingerprint density at radius 1 is 1.31 bits per heavy atom. The molecule has 0 bridgehead atoms. The lowest BCUT2D eigenvalue weighted by molar-refractivity contribution is 1.19. The van der Waals surface area contributed by atoms with Gasteiger partial charge in [-0.05, 0) is 40.5 Å². The summed E-state index contributed by atoms with van der Waals surface area (Å²) in [6.45, 7) is 2.15. The van der Waals surface area contributed by atoms with E-state index in [1.807, 2.05) is 6.07 Å². The van der Waals surface area contributed by atoms with Crippen molar-refractivity contribution in [1.29, 1.82) is 0 Å². The van der Waals surface area contributed by atoms with E-state index in [1.165, 1.54) is 21.1 Å². The number of halogens is 3. The summed E-state index contributed by atoms with van der Waals surface area (Å²) < 4.78 is 1.68. The molecule has 0 N–H and O–H groups in total. The molecule has 2 rings (SSSR count). The summed E-state index contributed by atoms with van der Waals surface area (Å²) in [6, 6.07) is 6.23. The first-order valence-corrected chi connectivity index (χ1v) is 8.03. The second kappa shape index (κ2) is 5.40. The van der Waals surface area contributed by atoms with Crippen molar-refractivity contribution in [2.24, 2.45) is 0 Å². The first kappa shape index (κ1) is 12.9. The van der Waals surface area contributed by atoms with Gasteiger partial charge in [-0.3, -0.25) is 0 Å². The summed E-state index contributed by atoms with van der Waals surface area (Å²) in [5, 5.41) is -0.0842. The molecule has 0 aromatic carbocycles. The second-order valence-corrected chi connectivity index (χ2v) is 7.47. The second-order valence-electron chi connectivity index (χ2n) is 3.29. The van der Waals surface area contributed by atoms with E-state index >= 15 is 0 Å². The molecule has 0 spiro atoms. The highest BCUT2D eigenvalue weighted by molar-refractivity contribution is 9.10. The minimum Gasteiger partial charge on any atom is -0.143 e. The maximum absolute atomic E-state index is 6.43. The molecule has 0 saturated carbocycles. The van der Waals surface area contributed by atoms with Gasteiger partial charge in [0.2, 0.25) is 0 Å². The van der Waals surface area contributed by atoms with E-state index in [2.05, 4.69) is 35.0 Å². The molecule has 0 aliphatic rings. The van der Waals surface area contributed by atoms with Gasteiger partial charge in [-0.15, -0.1) is 34.3 Å². The van der Waals surface area contributed by atoms with E-state index in [1.54, 1.807) is 11.3 Å². The molecular weight excluding hydrogens is 347 g/mol. The SMILES string of the molecule is CCc1ccc(C(Cl)c2cc(Br)c(Cl)s2)s1. The molecule has 2 heterocycles. The van der Waals surface area contributed by atoms with Gasteiger partial charge in [-0.25, -0.2) is 0 Å². The van der Waals surface area contributed by atoms with E-state index in [4.69, 9.17) is 23.2 Å². The number of hydrogen-bond acceptors (Lipinski definition) is 2. The van der Waals surface area contributed by atoms with Gasteiger partial charge in [0.15, 0.2) is 0 Å². The molecule has 86 valence electrons. The molecule has 0 fully saturated rings. The predicted molar refractivity (Wildman–Crippen MR) is 78.4 cm³/mol. The van der Waals surface area contributed by atoms with Crippen LogP contribution in [0.5, 0.6) is 0 Å². The molecular formula is C11H9BrCl2S2. The predicted octanol–water partition coefficient (Wildman–Crippen LogP) is 6.12. The Morgan fingerprint density at radius 3 is 2.56 bits per heavy atom. The monoisotopic (exact) mass is 354 g/mol. The molecule has 0 nitrogen and oxygen atoms in total. The van der Waals surface area contributed by atoms with Gasteiger partial charge >= 0.3 is 0 Å². The smallest absolute Gasteiger partial charge is 0.107 e. The Kier molecular flexibility index (Phi) is 4.36. The third-order valence-electron chi connectivity index (χ3n) is 2.19. The van der Waals surface area contributed by atoms with Crippen molar-refractivity contribution in [3.63, 3.8) is 0 Å². The van der Waals surface area contributed by atoms with Gasteiger partial charge in [-0.2, -0.15) is 0 Å². The molecule has 1 atom stereocenters. The quantitative estimate of drug-likeness (QED) is 0.582. The van der Waals surface area contributed by atoms with E-state index in [0.29, 0.717) is 0 Å². The molecule has 0 saturated heterocycles. The zero-order chi connectivity index (χ0) is 11.7. The van der Waals surface area contributed by atoms with Crippen LogP contribution in [0.2, 0.25) is 4.34 Å². The highest BCUT2D eigenvalue weighted by atomic mass is 79.9. The summed E-state index contributed by atoms with van der Waals surface area (Å²) in [5.74, 6) is 0. The van der Waals surface area contributed by atoms with Gasteiger partial charge in [-0.1, -0.05) is 18.5 Å². The van der Waals surface area contributed by atoms with Gasteiger partial charge in [0.1, 0.15) is 9.71 Å². The maximum atomic E-state index is 6.43. The third kappa shape index (κ3) is 2.65. The average Bonchev–Trinajstić information content (AvgIpc) is 2.86. The molecule has 0 aliphatic heterocycles. The normalized spacial score (nSPS) is 13.0. The summed E-state index contributed by atoms with van der Waals surface area (Å²) in [7, 11) is 0. The van der Waals surface area contributed by atoms with Crippen LogP contribution in [0.1, 0.15) is 26.9 Å². The van der Waals surface area contributed by atoms with E-state index in [0.717, 1.165) is 20.1 Å².